The lowest BCUT2D eigenvalue weighted by Gasteiger charge is -2.29. The van der Waals surface area contributed by atoms with E-state index < -0.39 is 11.2 Å². The van der Waals surface area contributed by atoms with E-state index in [1.54, 1.807) is 23.2 Å². The number of amides is 1. The Balaban J connectivity index is 1.71. The Morgan fingerprint density at radius 1 is 1.25 bits per heavy atom. The number of carbonyl (C=O) groups excluding carboxylic acids is 1. The van der Waals surface area contributed by atoms with Gasteiger partial charge < -0.3 is 14.3 Å². The lowest BCUT2D eigenvalue weighted by molar-refractivity contribution is -0.123. The van der Waals surface area contributed by atoms with Crippen LogP contribution in [0.3, 0.4) is 0 Å². The van der Waals surface area contributed by atoms with E-state index in [-0.39, 0.29) is 18.5 Å². The average Bonchev–Trinajstić information content (AvgIpc) is 3.43. The topological polar surface area (TPSA) is 104 Å². The van der Waals surface area contributed by atoms with Gasteiger partial charge in [-0.3, -0.25) is 14.2 Å². The molecule has 0 spiro atoms. The van der Waals surface area contributed by atoms with E-state index in [2.05, 4.69) is 17.2 Å². The van der Waals surface area contributed by atoms with Gasteiger partial charge in [-0.1, -0.05) is 33.1 Å². The molecule has 32 heavy (non-hydrogen) atoms. The molecule has 0 aromatic carbocycles. The van der Waals surface area contributed by atoms with Crippen molar-refractivity contribution in [2.75, 3.05) is 0 Å². The molecule has 1 aliphatic carbocycles. The zero-order valence-electron chi connectivity index (χ0n) is 18.7. The monoisotopic (exact) mass is 441 g/mol. The molecule has 1 amide bonds. The van der Waals surface area contributed by atoms with Gasteiger partial charge in [-0.15, -0.1) is 0 Å². The average molecular weight is 442 g/mol. The minimum atomic E-state index is -0.506. The summed E-state index contributed by atoms with van der Waals surface area (Å²) in [5.41, 5.74) is -0.354. The molecule has 9 heteroatoms. The molecule has 3 aromatic heterocycles. The van der Waals surface area contributed by atoms with E-state index in [9.17, 15) is 14.4 Å². The Bertz CT molecular complexity index is 1190. The van der Waals surface area contributed by atoms with E-state index in [4.69, 9.17) is 4.42 Å². The van der Waals surface area contributed by atoms with Crippen molar-refractivity contribution in [1.82, 2.24) is 24.0 Å². The lowest BCUT2D eigenvalue weighted by atomic mass is 9.86. The number of aryl methyl sites for hydroxylation is 1. The lowest BCUT2D eigenvalue weighted by Crippen LogP contribution is -2.47. The van der Waals surface area contributed by atoms with Gasteiger partial charge in [-0.25, -0.2) is 14.3 Å². The Morgan fingerprint density at radius 2 is 2.06 bits per heavy atom. The van der Waals surface area contributed by atoms with Crippen LogP contribution in [-0.4, -0.2) is 30.6 Å². The number of aromatic nitrogens is 4. The molecule has 1 N–H and O–H groups in total. The molecule has 9 nitrogen and oxygen atoms in total. The number of fused-ring (bicyclic) bond motifs is 1. The minimum absolute atomic E-state index is 0.0856. The zero-order valence-corrected chi connectivity index (χ0v) is 18.7. The number of carbonyl (C=O) groups is 1. The molecule has 1 aliphatic rings. The van der Waals surface area contributed by atoms with E-state index in [1.165, 1.54) is 11.0 Å². The van der Waals surface area contributed by atoms with Crippen molar-refractivity contribution in [3.05, 3.63) is 51.3 Å². The standard InChI is InChI=1S/C23H31N5O4/c1-3-4-11-27-21-20(26(15-24-21)13-17-9-7-12-32-17)22(30)28(23(27)31)14-19(29)25-18-10-6-5-8-16(18)2/h7,9,12,15-16,18H,3-6,8,10-11,13-14H2,1-2H3,(H,25,29)/t16-,18+/m1/s1. The van der Waals surface area contributed by atoms with Crippen molar-refractivity contribution < 1.29 is 9.21 Å². The van der Waals surface area contributed by atoms with Gasteiger partial charge in [0.15, 0.2) is 11.2 Å². The highest BCUT2D eigenvalue weighted by molar-refractivity contribution is 5.77. The van der Waals surface area contributed by atoms with E-state index >= 15 is 0 Å². The smallest absolute Gasteiger partial charge is 0.333 e. The molecule has 1 saturated carbocycles. The molecule has 0 aliphatic heterocycles. The summed E-state index contributed by atoms with van der Waals surface area (Å²) in [4.78, 5) is 43.7. The maximum atomic E-state index is 13.4. The number of nitrogens with zero attached hydrogens (tertiary/aromatic N) is 4. The molecule has 1 fully saturated rings. The van der Waals surface area contributed by atoms with Crippen molar-refractivity contribution in [1.29, 1.82) is 0 Å². The summed E-state index contributed by atoms with van der Waals surface area (Å²) in [6.45, 7) is 4.62. The van der Waals surface area contributed by atoms with Gasteiger partial charge in [0.05, 0.1) is 19.1 Å². The predicted octanol–water partition coefficient (Wildman–Crippen LogP) is 2.50. The summed E-state index contributed by atoms with van der Waals surface area (Å²) in [5.74, 6) is 0.759. The summed E-state index contributed by atoms with van der Waals surface area (Å²) >= 11 is 0. The van der Waals surface area contributed by atoms with Gasteiger partial charge in [-0.05, 0) is 37.3 Å². The second kappa shape index (κ2) is 9.58. The highest BCUT2D eigenvalue weighted by atomic mass is 16.3. The SMILES string of the molecule is CCCCn1c(=O)n(CC(=O)N[C@H]2CCCC[C@H]2C)c(=O)c2c1ncn2Cc1ccco1. The maximum absolute atomic E-state index is 13.4. The van der Waals surface area contributed by atoms with Crippen LogP contribution in [0, 0.1) is 5.92 Å². The normalized spacial score (nSPS) is 18.8. The summed E-state index contributed by atoms with van der Waals surface area (Å²) in [6.07, 6.45) is 9.03. The van der Waals surface area contributed by atoms with Crippen LogP contribution in [0.25, 0.3) is 11.2 Å². The molecule has 3 aromatic rings. The first-order chi connectivity index (χ1) is 15.5. The van der Waals surface area contributed by atoms with Crippen molar-refractivity contribution >= 4 is 17.1 Å². The third-order valence-electron chi connectivity index (χ3n) is 6.38. The molecule has 172 valence electrons. The summed E-state index contributed by atoms with van der Waals surface area (Å²) in [5, 5.41) is 3.04. The third kappa shape index (κ3) is 4.42. The van der Waals surface area contributed by atoms with Crippen molar-refractivity contribution in [3.63, 3.8) is 0 Å². The first-order valence-corrected chi connectivity index (χ1v) is 11.5. The number of furan rings is 1. The van der Waals surface area contributed by atoms with Crippen LogP contribution >= 0.6 is 0 Å². The molecule has 0 saturated heterocycles. The van der Waals surface area contributed by atoms with Gasteiger partial charge in [0.25, 0.3) is 5.56 Å². The summed E-state index contributed by atoms with van der Waals surface area (Å²) in [7, 11) is 0. The van der Waals surface area contributed by atoms with Crippen molar-refractivity contribution in [2.24, 2.45) is 5.92 Å². The molecular weight excluding hydrogens is 410 g/mol. The zero-order chi connectivity index (χ0) is 22.7. The van der Waals surface area contributed by atoms with Gasteiger partial charge in [0.1, 0.15) is 12.3 Å². The third-order valence-corrected chi connectivity index (χ3v) is 6.38. The number of unbranched alkanes of at least 4 members (excludes halogenated alkanes) is 1. The van der Waals surface area contributed by atoms with Crippen LogP contribution < -0.4 is 16.6 Å². The molecular formula is C23H31N5O4. The second-order valence-corrected chi connectivity index (χ2v) is 8.74. The number of imidazole rings is 1. The predicted molar refractivity (Wildman–Crippen MR) is 121 cm³/mol. The fraction of sp³-hybridized carbons (Fsp3) is 0.565. The van der Waals surface area contributed by atoms with Gasteiger partial charge in [0.2, 0.25) is 5.91 Å². The molecule has 0 unspecified atom stereocenters. The molecule has 0 bridgehead atoms. The highest BCUT2D eigenvalue weighted by Crippen LogP contribution is 2.23. The van der Waals surface area contributed by atoms with E-state index in [1.807, 2.05) is 13.0 Å². The van der Waals surface area contributed by atoms with E-state index in [0.29, 0.717) is 35.9 Å². The number of hydrogen-bond donors (Lipinski definition) is 1. The van der Waals surface area contributed by atoms with Crippen LogP contribution in [-0.2, 0) is 24.4 Å². The molecule has 0 radical (unpaired) electrons. The van der Waals surface area contributed by atoms with Gasteiger partial charge in [-0.2, -0.15) is 0 Å². The Kier molecular flexibility index (Phi) is 6.62. The quantitative estimate of drug-likeness (QED) is 0.578. The van der Waals surface area contributed by atoms with Crippen molar-refractivity contribution in [3.8, 4) is 0 Å². The van der Waals surface area contributed by atoms with Crippen LogP contribution in [0.4, 0.5) is 0 Å². The first kappa shape index (κ1) is 22.1. The first-order valence-electron chi connectivity index (χ1n) is 11.5. The largest absolute Gasteiger partial charge is 0.467 e. The summed E-state index contributed by atoms with van der Waals surface area (Å²) in [6, 6.07) is 3.68. The molecule has 4 rings (SSSR count). The summed E-state index contributed by atoms with van der Waals surface area (Å²) < 4.78 is 9.64. The fourth-order valence-electron chi connectivity index (χ4n) is 4.51. The maximum Gasteiger partial charge on any atom is 0.333 e. The minimum Gasteiger partial charge on any atom is -0.467 e. The Labute approximate surface area is 186 Å². The van der Waals surface area contributed by atoms with Gasteiger partial charge >= 0.3 is 5.69 Å². The molecule has 2 atom stereocenters. The number of nitrogens with one attached hydrogen (secondary N) is 1. The highest BCUT2D eigenvalue weighted by Gasteiger charge is 2.24. The van der Waals surface area contributed by atoms with Crippen LogP contribution in [0.15, 0.2) is 38.7 Å². The molecule has 3 heterocycles. The van der Waals surface area contributed by atoms with Crippen LogP contribution in [0.1, 0.15) is 58.1 Å². The number of hydrogen-bond acceptors (Lipinski definition) is 5. The second-order valence-electron chi connectivity index (χ2n) is 8.74. The van der Waals surface area contributed by atoms with Crippen LogP contribution in [0.5, 0.6) is 0 Å². The Morgan fingerprint density at radius 3 is 2.78 bits per heavy atom. The van der Waals surface area contributed by atoms with Crippen molar-refractivity contribution in [2.45, 2.75) is 78.0 Å². The van der Waals surface area contributed by atoms with E-state index in [0.717, 1.165) is 36.7 Å². The number of rotatable bonds is 8. The van der Waals surface area contributed by atoms with Gasteiger partial charge in [0, 0.05) is 12.6 Å². The van der Waals surface area contributed by atoms with Crippen LogP contribution in [0.2, 0.25) is 0 Å². The fourth-order valence-corrected chi connectivity index (χ4v) is 4.51. The Hall–Kier alpha value is -3.10.